The van der Waals surface area contributed by atoms with Crippen molar-refractivity contribution in [1.29, 1.82) is 0 Å². The number of nitrogens with one attached hydrogen (secondary N) is 1. The van der Waals surface area contributed by atoms with Gasteiger partial charge < -0.3 is 15.5 Å². The van der Waals surface area contributed by atoms with Gasteiger partial charge in [0.15, 0.2) is 0 Å². The predicted octanol–water partition coefficient (Wildman–Crippen LogP) is 4.68. The molecule has 1 saturated carbocycles. The number of hydrogen-bond acceptors (Lipinski definition) is 7. The lowest BCUT2D eigenvalue weighted by atomic mass is 9.93. The van der Waals surface area contributed by atoms with E-state index in [2.05, 4.69) is 17.4 Å². The number of rotatable bonds is 7. The molecular formula is C26H26N4O3S. The van der Waals surface area contributed by atoms with Crippen LogP contribution in [0, 0.1) is 0 Å². The number of carboxylic acids is 1. The molecular weight excluding hydrogens is 448 g/mol. The van der Waals surface area contributed by atoms with Crippen molar-refractivity contribution in [1.82, 2.24) is 15.0 Å². The molecule has 5 rings (SSSR count). The Hall–Kier alpha value is -3.36. The fraction of sp³-hybridized carbons (Fsp3) is 0.308. The minimum atomic E-state index is -0.941. The number of carboxylic acid groups (broad SMARTS) is 1. The molecule has 0 amide bonds. The molecule has 7 nitrogen and oxygen atoms in total. The van der Waals surface area contributed by atoms with Crippen LogP contribution in [-0.2, 0) is 12.8 Å². The molecule has 0 atom stereocenters. The van der Waals surface area contributed by atoms with E-state index in [-0.39, 0.29) is 17.7 Å². The summed E-state index contributed by atoms with van der Waals surface area (Å²) < 4.78 is 0.854. The number of aromatic carboxylic acids is 1. The largest absolute Gasteiger partial charge is 0.478 e. The molecule has 1 aliphatic carbocycles. The van der Waals surface area contributed by atoms with E-state index in [0.29, 0.717) is 18.8 Å². The minimum absolute atomic E-state index is 0.209. The van der Waals surface area contributed by atoms with Gasteiger partial charge in [-0.1, -0.05) is 30.3 Å². The number of aliphatic hydroxyl groups excluding tert-OH is 1. The van der Waals surface area contributed by atoms with E-state index in [1.807, 2.05) is 24.3 Å². The number of nitrogens with zero attached hydrogens (tertiary/aromatic N) is 3. The molecule has 8 heteroatoms. The van der Waals surface area contributed by atoms with E-state index >= 15 is 0 Å². The van der Waals surface area contributed by atoms with Crippen molar-refractivity contribution in [3.8, 4) is 0 Å². The number of thiazole rings is 1. The Kier molecular flexibility index (Phi) is 6.51. The Bertz CT molecular complexity index is 1300. The third-order valence-electron chi connectivity index (χ3n) is 6.10. The zero-order chi connectivity index (χ0) is 23.5. The highest BCUT2D eigenvalue weighted by atomic mass is 32.1. The summed E-state index contributed by atoms with van der Waals surface area (Å²) in [4.78, 5) is 25.6. The molecule has 0 aliphatic heterocycles. The Balaban J connectivity index is 1.42. The summed E-state index contributed by atoms with van der Waals surface area (Å²) in [6.07, 6.45) is 4.41. The third-order valence-corrected chi connectivity index (χ3v) is 7.12. The van der Waals surface area contributed by atoms with Gasteiger partial charge >= 0.3 is 5.97 Å². The maximum absolute atomic E-state index is 11.3. The van der Waals surface area contributed by atoms with Gasteiger partial charge in [0.25, 0.3) is 0 Å². The SMILES string of the molecule is O=C(O)c1ccc2nc(Cc3cc(Cc4ccccc4)nc(NC4CCC(O)CC4)n3)sc2c1. The second kappa shape index (κ2) is 9.87. The van der Waals surface area contributed by atoms with Gasteiger partial charge in [0.1, 0.15) is 0 Å². The van der Waals surface area contributed by atoms with Crippen LogP contribution in [0.4, 0.5) is 5.95 Å². The van der Waals surface area contributed by atoms with Gasteiger partial charge in [-0.25, -0.2) is 19.7 Å². The van der Waals surface area contributed by atoms with Crippen LogP contribution in [0.5, 0.6) is 0 Å². The second-order valence-electron chi connectivity index (χ2n) is 8.76. The molecule has 34 heavy (non-hydrogen) atoms. The van der Waals surface area contributed by atoms with Crippen molar-refractivity contribution in [2.75, 3.05) is 5.32 Å². The zero-order valence-corrected chi connectivity index (χ0v) is 19.5. The molecule has 0 saturated heterocycles. The van der Waals surface area contributed by atoms with Crippen LogP contribution in [0.3, 0.4) is 0 Å². The van der Waals surface area contributed by atoms with Gasteiger partial charge in [0.2, 0.25) is 5.95 Å². The van der Waals surface area contributed by atoms with E-state index in [1.165, 1.54) is 16.9 Å². The molecule has 0 spiro atoms. The van der Waals surface area contributed by atoms with Crippen molar-refractivity contribution in [2.45, 2.75) is 50.7 Å². The maximum atomic E-state index is 11.3. The standard InChI is InChI=1S/C26H26N4O3S/c31-21-9-7-18(8-10-21)27-26-28-19(12-16-4-2-1-3-5-16)14-20(29-26)15-24-30-22-11-6-17(25(32)33)13-23(22)34-24/h1-6,11,13-14,18,21,31H,7-10,12,15H2,(H,32,33)(H,27,28,29). The quantitative estimate of drug-likeness (QED) is 0.357. The van der Waals surface area contributed by atoms with Crippen LogP contribution in [0.25, 0.3) is 10.2 Å². The van der Waals surface area contributed by atoms with Crippen molar-refractivity contribution in [2.24, 2.45) is 0 Å². The van der Waals surface area contributed by atoms with Crippen LogP contribution in [-0.4, -0.2) is 43.3 Å². The second-order valence-corrected chi connectivity index (χ2v) is 9.87. The number of benzene rings is 2. The molecule has 4 aromatic rings. The monoisotopic (exact) mass is 474 g/mol. The Labute approximate surface area is 201 Å². The van der Waals surface area contributed by atoms with Crippen molar-refractivity contribution >= 4 is 33.5 Å². The highest BCUT2D eigenvalue weighted by molar-refractivity contribution is 7.18. The third kappa shape index (κ3) is 5.40. The van der Waals surface area contributed by atoms with Gasteiger partial charge in [-0.2, -0.15) is 0 Å². The maximum Gasteiger partial charge on any atom is 0.335 e. The van der Waals surface area contributed by atoms with Gasteiger partial charge in [-0.3, -0.25) is 0 Å². The number of anilines is 1. The molecule has 2 aromatic heterocycles. The average molecular weight is 475 g/mol. The van der Waals surface area contributed by atoms with Gasteiger partial charge in [0.05, 0.1) is 38.3 Å². The summed E-state index contributed by atoms with van der Waals surface area (Å²) >= 11 is 1.49. The first kappa shape index (κ1) is 22.4. The summed E-state index contributed by atoms with van der Waals surface area (Å²) in [5.41, 5.74) is 4.04. The van der Waals surface area contributed by atoms with Crippen LogP contribution in [0.1, 0.15) is 58.0 Å². The number of aromatic nitrogens is 3. The highest BCUT2D eigenvalue weighted by Gasteiger charge is 2.20. The van der Waals surface area contributed by atoms with Crippen molar-refractivity contribution < 1.29 is 15.0 Å². The molecule has 1 fully saturated rings. The molecule has 0 bridgehead atoms. The van der Waals surface area contributed by atoms with Gasteiger partial charge in [0, 0.05) is 18.9 Å². The summed E-state index contributed by atoms with van der Waals surface area (Å²) in [6.45, 7) is 0. The molecule has 1 aliphatic rings. The molecule has 0 radical (unpaired) electrons. The fourth-order valence-electron chi connectivity index (χ4n) is 4.34. The summed E-state index contributed by atoms with van der Waals surface area (Å²) in [6, 6.07) is 17.5. The molecule has 2 aromatic carbocycles. The minimum Gasteiger partial charge on any atom is -0.478 e. The van der Waals surface area contributed by atoms with Gasteiger partial charge in [-0.05, 0) is 55.5 Å². The Morgan fingerprint density at radius 1 is 0.941 bits per heavy atom. The van der Waals surface area contributed by atoms with Crippen LogP contribution < -0.4 is 5.32 Å². The van der Waals surface area contributed by atoms with E-state index in [1.54, 1.807) is 18.2 Å². The lowest BCUT2D eigenvalue weighted by molar-refractivity contribution is 0.0697. The predicted molar refractivity (Wildman–Crippen MR) is 133 cm³/mol. The Morgan fingerprint density at radius 3 is 2.41 bits per heavy atom. The lowest BCUT2D eigenvalue weighted by Crippen LogP contribution is -2.29. The number of hydrogen-bond donors (Lipinski definition) is 3. The lowest BCUT2D eigenvalue weighted by Gasteiger charge is -2.26. The normalized spacial score (nSPS) is 18.1. The average Bonchev–Trinajstić information content (AvgIpc) is 3.22. The zero-order valence-electron chi connectivity index (χ0n) is 18.6. The van der Waals surface area contributed by atoms with Crippen molar-refractivity contribution in [3.63, 3.8) is 0 Å². The number of aliphatic hydroxyl groups is 1. The van der Waals surface area contributed by atoms with Gasteiger partial charge in [-0.15, -0.1) is 11.3 Å². The van der Waals surface area contributed by atoms with E-state index in [4.69, 9.17) is 15.0 Å². The summed E-state index contributed by atoms with van der Waals surface area (Å²) in [5.74, 6) is -0.330. The Morgan fingerprint density at radius 2 is 1.68 bits per heavy atom. The van der Waals surface area contributed by atoms with E-state index < -0.39 is 5.97 Å². The molecule has 3 N–H and O–H groups in total. The summed E-state index contributed by atoms with van der Waals surface area (Å²) in [7, 11) is 0. The first-order valence-corrected chi connectivity index (χ1v) is 12.3. The number of carbonyl (C=O) groups is 1. The van der Waals surface area contributed by atoms with E-state index in [9.17, 15) is 15.0 Å². The van der Waals surface area contributed by atoms with Crippen molar-refractivity contribution in [3.05, 3.63) is 82.1 Å². The molecule has 174 valence electrons. The number of fused-ring (bicyclic) bond motifs is 1. The first-order valence-electron chi connectivity index (χ1n) is 11.5. The van der Waals surface area contributed by atoms with Crippen LogP contribution in [0.2, 0.25) is 0 Å². The topological polar surface area (TPSA) is 108 Å². The summed E-state index contributed by atoms with van der Waals surface area (Å²) in [5, 5.41) is 23.5. The molecule has 2 heterocycles. The van der Waals surface area contributed by atoms with Crippen LogP contribution in [0.15, 0.2) is 54.6 Å². The first-order chi connectivity index (χ1) is 16.5. The highest BCUT2D eigenvalue weighted by Crippen LogP contribution is 2.26. The smallest absolute Gasteiger partial charge is 0.335 e. The van der Waals surface area contributed by atoms with E-state index in [0.717, 1.165) is 52.3 Å². The fourth-order valence-corrected chi connectivity index (χ4v) is 5.37. The van der Waals surface area contributed by atoms with Crippen LogP contribution >= 0.6 is 11.3 Å². The molecule has 0 unspecified atom stereocenters.